The van der Waals surface area contributed by atoms with Crippen molar-refractivity contribution in [3.8, 4) is 0 Å². The molecule has 2 fully saturated rings. The molecule has 3 rings (SSSR count). The molecule has 1 aliphatic carbocycles. The number of carboxylic acids is 1. The van der Waals surface area contributed by atoms with Crippen LogP contribution in [0.2, 0.25) is 0 Å². The fourth-order valence-electron chi connectivity index (χ4n) is 3.15. The Morgan fingerprint density at radius 2 is 2.00 bits per heavy atom. The monoisotopic (exact) mass is 312 g/mol. The van der Waals surface area contributed by atoms with Crippen molar-refractivity contribution in [1.82, 2.24) is 8.87 Å². The van der Waals surface area contributed by atoms with Crippen LogP contribution in [0.25, 0.3) is 0 Å². The summed E-state index contributed by atoms with van der Waals surface area (Å²) in [5, 5.41) is 9.25. The zero-order valence-electron chi connectivity index (χ0n) is 12.2. The van der Waals surface area contributed by atoms with Gasteiger partial charge >= 0.3 is 5.97 Å². The van der Waals surface area contributed by atoms with E-state index >= 15 is 0 Å². The Bertz CT molecular complexity index is 675. The Labute approximate surface area is 124 Å². The molecule has 2 unspecified atom stereocenters. The fraction of sp³-hybridized carbons (Fsp3) is 0.643. The van der Waals surface area contributed by atoms with E-state index in [1.807, 2.05) is 13.8 Å². The maximum Gasteiger partial charge on any atom is 0.352 e. The van der Waals surface area contributed by atoms with Crippen molar-refractivity contribution in [1.29, 1.82) is 0 Å². The van der Waals surface area contributed by atoms with Gasteiger partial charge in [-0.25, -0.2) is 13.2 Å². The number of carbonyl (C=O) groups is 1. The first kappa shape index (κ1) is 14.6. The largest absolute Gasteiger partial charge is 0.477 e. The molecule has 2 aliphatic rings. The van der Waals surface area contributed by atoms with Gasteiger partial charge < -0.3 is 9.67 Å². The number of rotatable bonds is 4. The number of aromatic carboxylic acids is 1. The van der Waals surface area contributed by atoms with Gasteiger partial charge in [0.25, 0.3) is 0 Å². The van der Waals surface area contributed by atoms with Crippen LogP contribution in [-0.2, 0) is 10.0 Å². The third kappa shape index (κ3) is 2.48. The Balaban J connectivity index is 1.99. The van der Waals surface area contributed by atoms with E-state index in [2.05, 4.69) is 0 Å². The second kappa shape index (κ2) is 4.84. The molecular weight excluding hydrogens is 292 g/mol. The number of nitrogens with zero attached hydrogens (tertiary/aromatic N) is 2. The maximum atomic E-state index is 12.7. The molecule has 1 saturated carbocycles. The first-order valence-corrected chi connectivity index (χ1v) is 8.71. The molecule has 1 aliphatic heterocycles. The molecule has 0 amide bonds. The van der Waals surface area contributed by atoms with Crippen LogP contribution in [0.3, 0.4) is 0 Å². The Morgan fingerprint density at radius 1 is 1.33 bits per heavy atom. The van der Waals surface area contributed by atoms with Gasteiger partial charge in [0.15, 0.2) is 0 Å². The van der Waals surface area contributed by atoms with Crippen molar-refractivity contribution in [2.75, 3.05) is 6.54 Å². The summed E-state index contributed by atoms with van der Waals surface area (Å²) in [4.78, 5) is 11.4. The van der Waals surface area contributed by atoms with E-state index in [0.29, 0.717) is 12.5 Å². The van der Waals surface area contributed by atoms with Gasteiger partial charge in [-0.1, -0.05) is 6.92 Å². The minimum atomic E-state index is -3.61. The molecule has 2 heterocycles. The van der Waals surface area contributed by atoms with Crippen molar-refractivity contribution in [2.45, 2.75) is 50.1 Å². The highest BCUT2D eigenvalue weighted by Gasteiger charge is 2.38. The highest BCUT2D eigenvalue weighted by molar-refractivity contribution is 7.89. The summed E-state index contributed by atoms with van der Waals surface area (Å²) in [7, 11) is -3.61. The summed E-state index contributed by atoms with van der Waals surface area (Å²) < 4.78 is 28.6. The van der Waals surface area contributed by atoms with E-state index in [1.54, 1.807) is 4.57 Å². The van der Waals surface area contributed by atoms with E-state index < -0.39 is 16.0 Å². The minimum Gasteiger partial charge on any atom is -0.477 e. The topological polar surface area (TPSA) is 79.6 Å². The molecule has 21 heavy (non-hydrogen) atoms. The van der Waals surface area contributed by atoms with E-state index in [-0.39, 0.29) is 22.7 Å². The van der Waals surface area contributed by atoms with Gasteiger partial charge in [-0.3, -0.25) is 0 Å². The van der Waals surface area contributed by atoms with Gasteiger partial charge in [0.2, 0.25) is 10.0 Å². The first-order chi connectivity index (χ1) is 9.80. The van der Waals surface area contributed by atoms with Crippen LogP contribution >= 0.6 is 0 Å². The van der Waals surface area contributed by atoms with E-state index in [4.69, 9.17) is 0 Å². The van der Waals surface area contributed by atoms with Crippen molar-refractivity contribution in [2.24, 2.45) is 5.92 Å². The number of hydrogen-bond acceptors (Lipinski definition) is 3. The van der Waals surface area contributed by atoms with Gasteiger partial charge in [0.1, 0.15) is 10.6 Å². The molecular formula is C14H20N2O4S. The molecule has 1 saturated heterocycles. The lowest BCUT2D eigenvalue weighted by atomic mass is 10.1. The van der Waals surface area contributed by atoms with Gasteiger partial charge in [-0.2, -0.15) is 4.31 Å². The van der Waals surface area contributed by atoms with E-state index in [9.17, 15) is 18.3 Å². The van der Waals surface area contributed by atoms with Crippen LogP contribution in [-0.4, -0.2) is 41.0 Å². The molecule has 0 spiro atoms. The lowest BCUT2D eigenvalue weighted by molar-refractivity contribution is 0.0685. The van der Waals surface area contributed by atoms with Crippen molar-refractivity contribution in [3.63, 3.8) is 0 Å². The average molecular weight is 312 g/mol. The Morgan fingerprint density at radius 3 is 2.48 bits per heavy atom. The van der Waals surface area contributed by atoms with Crippen molar-refractivity contribution in [3.05, 3.63) is 18.0 Å². The van der Waals surface area contributed by atoms with Crippen LogP contribution in [0.1, 0.15) is 49.6 Å². The van der Waals surface area contributed by atoms with Crippen LogP contribution in [0.15, 0.2) is 17.2 Å². The number of aromatic nitrogens is 1. The standard InChI is InChI=1S/C14H20N2O4S/c1-9-5-10(2)16(7-9)21(19,20)12-6-13(14(17)18)15(8-12)11-3-4-11/h6,8-11H,3-5,7H2,1-2H3,(H,17,18). The van der Waals surface area contributed by atoms with Crippen LogP contribution in [0, 0.1) is 5.92 Å². The lowest BCUT2D eigenvalue weighted by Gasteiger charge is -2.20. The molecule has 1 aromatic rings. The predicted octanol–water partition coefficient (Wildman–Crippen LogP) is 1.94. The predicted molar refractivity (Wildman–Crippen MR) is 76.8 cm³/mol. The van der Waals surface area contributed by atoms with Gasteiger partial charge in [0, 0.05) is 24.8 Å². The normalized spacial score (nSPS) is 27.1. The molecule has 0 bridgehead atoms. The first-order valence-electron chi connectivity index (χ1n) is 7.27. The molecule has 116 valence electrons. The average Bonchev–Trinajstić information content (AvgIpc) is 3.02. The molecule has 6 nitrogen and oxygen atoms in total. The Hall–Kier alpha value is -1.34. The van der Waals surface area contributed by atoms with Crippen molar-refractivity contribution >= 4 is 16.0 Å². The number of sulfonamides is 1. The lowest BCUT2D eigenvalue weighted by Crippen LogP contribution is -2.33. The summed E-state index contributed by atoms with van der Waals surface area (Å²) in [6, 6.07) is 1.39. The summed E-state index contributed by atoms with van der Waals surface area (Å²) in [6.07, 6.45) is 4.15. The van der Waals surface area contributed by atoms with E-state index in [0.717, 1.165) is 19.3 Å². The molecule has 7 heteroatoms. The van der Waals surface area contributed by atoms with Gasteiger partial charge in [0.05, 0.1) is 0 Å². The second-order valence-corrected chi connectivity index (χ2v) is 8.16. The molecule has 1 N–H and O–H groups in total. The second-order valence-electron chi connectivity index (χ2n) is 6.27. The van der Waals surface area contributed by atoms with Crippen molar-refractivity contribution < 1.29 is 18.3 Å². The highest BCUT2D eigenvalue weighted by atomic mass is 32.2. The van der Waals surface area contributed by atoms with Crippen LogP contribution < -0.4 is 0 Å². The third-order valence-electron chi connectivity index (χ3n) is 4.32. The van der Waals surface area contributed by atoms with Crippen LogP contribution in [0.5, 0.6) is 0 Å². The summed E-state index contributed by atoms with van der Waals surface area (Å²) in [5.41, 5.74) is 0.0657. The summed E-state index contributed by atoms with van der Waals surface area (Å²) in [6.45, 7) is 4.43. The molecule has 2 atom stereocenters. The quantitative estimate of drug-likeness (QED) is 0.921. The molecule has 0 radical (unpaired) electrons. The third-order valence-corrected chi connectivity index (χ3v) is 6.26. The minimum absolute atomic E-state index is 0.0393. The van der Waals surface area contributed by atoms with Gasteiger partial charge in [-0.15, -0.1) is 0 Å². The zero-order valence-corrected chi connectivity index (χ0v) is 13.0. The smallest absolute Gasteiger partial charge is 0.352 e. The maximum absolute atomic E-state index is 12.7. The SMILES string of the molecule is CC1CC(C)N(S(=O)(=O)c2cc(C(=O)O)n(C3CC3)c2)C1. The molecule has 0 aromatic carbocycles. The van der Waals surface area contributed by atoms with Crippen LogP contribution in [0.4, 0.5) is 0 Å². The van der Waals surface area contributed by atoms with E-state index in [1.165, 1.54) is 16.6 Å². The zero-order chi connectivity index (χ0) is 15.4. The summed E-state index contributed by atoms with van der Waals surface area (Å²) in [5.74, 6) is -0.745. The fourth-order valence-corrected chi connectivity index (χ4v) is 4.94. The number of hydrogen-bond donors (Lipinski definition) is 1. The molecule has 1 aromatic heterocycles. The number of carboxylic acid groups (broad SMARTS) is 1. The van der Waals surface area contributed by atoms with Gasteiger partial charge in [-0.05, 0) is 38.2 Å². The Kier molecular flexibility index (Phi) is 3.37. The summed E-state index contributed by atoms with van der Waals surface area (Å²) >= 11 is 0. The highest BCUT2D eigenvalue weighted by Crippen LogP contribution is 2.38.